The molecular weight excluding hydrogens is 277 g/mol. The zero-order valence-corrected chi connectivity index (χ0v) is 10.9. The third-order valence-electron chi connectivity index (χ3n) is 3.71. The van der Waals surface area contributed by atoms with E-state index in [1.165, 1.54) is 0 Å². The third kappa shape index (κ3) is 3.29. The van der Waals surface area contributed by atoms with Gasteiger partial charge in [-0.05, 0) is 18.8 Å². The van der Waals surface area contributed by atoms with Crippen molar-refractivity contribution in [3.63, 3.8) is 0 Å². The van der Waals surface area contributed by atoms with Gasteiger partial charge in [0.2, 0.25) is 5.89 Å². The Kier molecular flexibility index (Phi) is 4.01. The highest BCUT2D eigenvalue weighted by Gasteiger charge is 2.42. The van der Waals surface area contributed by atoms with Crippen LogP contribution in [0.4, 0.5) is 13.2 Å². The Hall–Kier alpha value is -1.60. The van der Waals surface area contributed by atoms with Crippen LogP contribution in [-0.4, -0.2) is 27.4 Å². The fraction of sp³-hybridized carbons (Fsp3) is 0.750. The van der Waals surface area contributed by atoms with Crippen LogP contribution in [0.25, 0.3) is 0 Å². The van der Waals surface area contributed by atoms with E-state index in [9.17, 15) is 23.1 Å². The smallest absolute Gasteiger partial charge is 0.396 e. The van der Waals surface area contributed by atoms with E-state index in [1.807, 2.05) is 6.92 Å². The number of aliphatic carboxylic acids is 1. The molecule has 0 aromatic carbocycles. The fourth-order valence-corrected chi connectivity index (χ4v) is 2.69. The molecular formula is C12H15F3N2O3. The highest BCUT2D eigenvalue weighted by Crippen LogP contribution is 2.44. The summed E-state index contributed by atoms with van der Waals surface area (Å²) >= 11 is 0. The summed E-state index contributed by atoms with van der Waals surface area (Å²) in [6.07, 6.45) is -3.80. The summed E-state index contributed by atoms with van der Waals surface area (Å²) in [4.78, 5) is 14.9. The molecule has 1 aromatic rings. The van der Waals surface area contributed by atoms with E-state index < -0.39 is 36.2 Å². The van der Waals surface area contributed by atoms with E-state index in [-0.39, 0.29) is 11.8 Å². The average Bonchev–Trinajstić information content (AvgIpc) is 2.92. The van der Waals surface area contributed by atoms with Crippen LogP contribution in [0.2, 0.25) is 0 Å². The van der Waals surface area contributed by atoms with Gasteiger partial charge in [-0.1, -0.05) is 18.5 Å². The SMILES string of the molecule is CCC1CC(C(=O)O)C(c2nc(CC(F)(F)F)no2)C1. The lowest BCUT2D eigenvalue weighted by atomic mass is 9.96. The van der Waals surface area contributed by atoms with E-state index in [0.29, 0.717) is 12.8 Å². The number of carboxylic acid groups (broad SMARTS) is 1. The van der Waals surface area contributed by atoms with Crippen molar-refractivity contribution in [1.82, 2.24) is 10.1 Å². The molecule has 3 unspecified atom stereocenters. The van der Waals surface area contributed by atoms with Gasteiger partial charge in [0, 0.05) is 0 Å². The molecule has 0 radical (unpaired) electrons. The molecule has 2 rings (SSSR count). The zero-order chi connectivity index (χ0) is 14.9. The lowest BCUT2D eigenvalue weighted by Gasteiger charge is -2.10. The van der Waals surface area contributed by atoms with E-state index >= 15 is 0 Å². The molecule has 5 nitrogen and oxygen atoms in total. The summed E-state index contributed by atoms with van der Waals surface area (Å²) in [6.45, 7) is 1.95. The van der Waals surface area contributed by atoms with E-state index in [1.54, 1.807) is 0 Å². The maximum absolute atomic E-state index is 12.2. The van der Waals surface area contributed by atoms with Crippen molar-refractivity contribution in [1.29, 1.82) is 0 Å². The lowest BCUT2D eigenvalue weighted by Crippen LogP contribution is -2.17. The molecule has 1 aromatic heterocycles. The number of halogens is 3. The summed E-state index contributed by atoms with van der Waals surface area (Å²) in [5, 5.41) is 12.5. The largest absolute Gasteiger partial charge is 0.481 e. The molecule has 0 bridgehead atoms. The molecule has 0 saturated heterocycles. The minimum Gasteiger partial charge on any atom is -0.481 e. The minimum absolute atomic E-state index is 0.00704. The van der Waals surface area contributed by atoms with Crippen molar-refractivity contribution in [2.24, 2.45) is 11.8 Å². The quantitative estimate of drug-likeness (QED) is 0.923. The van der Waals surface area contributed by atoms with Gasteiger partial charge in [-0.25, -0.2) is 0 Å². The summed E-state index contributed by atoms with van der Waals surface area (Å²) in [5.41, 5.74) is 0. The minimum atomic E-state index is -4.41. The molecule has 112 valence electrons. The molecule has 1 N–H and O–H groups in total. The molecule has 8 heteroatoms. The molecule has 0 aliphatic heterocycles. The summed E-state index contributed by atoms with van der Waals surface area (Å²) in [6, 6.07) is 0. The van der Waals surface area contributed by atoms with Crippen molar-refractivity contribution < 1.29 is 27.6 Å². The standard InChI is InChI=1S/C12H15F3N2O3/c1-2-6-3-7(8(4-6)11(18)19)10-16-9(17-20-10)5-12(13,14)15/h6-8H,2-5H2,1H3,(H,18,19). The second-order valence-corrected chi connectivity index (χ2v) is 5.14. The van der Waals surface area contributed by atoms with Crippen LogP contribution in [0.5, 0.6) is 0 Å². The molecule has 1 heterocycles. The Morgan fingerprint density at radius 1 is 1.45 bits per heavy atom. The Bertz CT molecular complexity index is 487. The molecule has 20 heavy (non-hydrogen) atoms. The normalized spacial score (nSPS) is 26.9. The number of alkyl halides is 3. The Balaban J connectivity index is 2.15. The first-order valence-corrected chi connectivity index (χ1v) is 6.42. The number of carbonyl (C=O) groups is 1. The van der Waals surface area contributed by atoms with Gasteiger partial charge in [0.15, 0.2) is 5.82 Å². The molecule has 1 aliphatic carbocycles. The van der Waals surface area contributed by atoms with E-state index in [4.69, 9.17) is 4.52 Å². The van der Waals surface area contributed by atoms with Crippen molar-refractivity contribution in [3.8, 4) is 0 Å². The van der Waals surface area contributed by atoms with Gasteiger partial charge in [-0.3, -0.25) is 4.79 Å². The topological polar surface area (TPSA) is 76.2 Å². The number of rotatable bonds is 4. The van der Waals surface area contributed by atoms with Crippen LogP contribution >= 0.6 is 0 Å². The molecule has 0 amide bonds. The maximum Gasteiger partial charge on any atom is 0.396 e. The first-order chi connectivity index (χ1) is 9.30. The highest BCUT2D eigenvalue weighted by atomic mass is 19.4. The number of aromatic nitrogens is 2. The fourth-order valence-electron chi connectivity index (χ4n) is 2.69. The first-order valence-electron chi connectivity index (χ1n) is 6.42. The molecule has 3 atom stereocenters. The second kappa shape index (κ2) is 5.41. The summed E-state index contributed by atoms with van der Waals surface area (Å²) in [5.74, 6) is -2.35. The van der Waals surface area contributed by atoms with Crippen molar-refractivity contribution in [3.05, 3.63) is 11.7 Å². The van der Waals surface area contributed by atoms with Gasteiger partial charge in [0.1, 0.15) is 6.42 Å². The highest BCUT2D eigenvalue weighted by molar-refractivity contribution is 5.71. The third-order valence-corrected chi connectivity index (χ3v) is 3.71. The van der Waals surface area contributed by atoms with Crippen molar-refractivity contribution >= 4 is 5.97 Å². The van der Waals surface area contributed by atoms with Crippen molar-refractivity contribution in [2.45, 2.75) is 44.7 Å². The second-order valence-electron chi connectivity index (χ2n) is 5.14. The van der Waals surface area contributed by atoms with Gasteiger partial charge < -0.3 is 9.63 Å². The predicted molar refractivity (Wildman–Crippen MR) is 60.9 cm³/mol. The van der Waals surface area contributed by atoms with Crippen LogP contribution in [0.3, 0.4) is 0 Å². The lowest BCUT2D eigenvalue weighted by molar-refractivity contribution is -0.142. The Morgan fingerprint density at radius 2 is 2.15 bits per heavy atom. The van der Waals surface area contributed by atoms with Gasteiger partial charge >= 0.3 is 12.1 Å². The van der Waals surface area contributed by atoms with Crippen LogP contribution in [-0.2, 0) is 11.2 Å². The summed E-state index contributed by atoms with van der Waals surface area (Å²) < 4.78 is 41.5. The maximum atomic E-state index is 12.2. The van der Waals surface area contributed by atoms with Crippen molar-refractivity contribution in [2.75, 3.05) is 0 Å². The zero-order valence-electron chi connectivity index (χ0n) is 10.9. The average molecular weight is 292 g/mol. The van der Waals surface area contributed by atoms with Crippen LogP contribution in [0.1, 0.15) is 43.8 Å². The number of hydrogen-bond donors (Lipinski definition) is 1. The molecule has 0 spiro atoms. The van der Waals surface area contributed by atoms with Gasteiger partial charge in [0.25, 0.3) is 0 Å². The Morgan fingerprint density at radius 3 is 2.70 bits per heavy atom. The number of hydrogen-bond acceptors (Lipinski definition) is 4. The monoisotopic (exact) mass is 292 g/mol. The van der Waals surface area contributed by atoms with Gasteiger partial charge in [-0.15, -0.1) is 0 Å². The van der Waals surface area contributed by atoms with Crippen LogP contribution in [0.15, 0.2) is 4.52 Å². The Labute approximate surface area is 113 Å². The van der Waals surface area contributed by atoms with Crippen LogP contribution < -0.4 is 0 Å². The number of nitrogens with zero attached hydrogens (tertiary/aromatic N) is 2. The number of carboxylic acids is 1. The van der Waals surface area contributed by atoms with Gasteiger partial charge in [-0.2, -0.15) is 18.2 Å². The van der Waals surface area contributed by atoms with Gasteiger partial charge in [0.05, 0.1) is 11.8 Å². The molecule has 1 fully saturated rings. The van der Waals surface area contributed by atoms with Crippen LogP contribution in [0, 0.1) is 11.8 Å². The van der Waals surface area contributed by atoms with E-state index in [2.05, 4.69) is 10.1 Å². The summed E-state index contributed by atoms with van der Waals surface area (Å²) in [7, 11) is 0. The van der Waals surface area contributed by atoms with E-state index in [0.717, 1.165) is 6.42 Å². The molecule has 1 saturated carbocycles. The predicted octanol–water partition coefficient (Wildman–Crippen LogP) is 2.78. The first kappa shape index (κ1) is 14.8. The molecule has 1 aliphatic rings.